The molecule has 1 heterocycles. The lowest BCUT2D eigenvalue weighted by molar-refractivity contribution is 0.814. The molecule has 0 aliphatic carbocycles. The molecule has 0 radical (unpaired) electrons. The molecular weight excluding hydrogens is 461 g/mol. The van der Waals surface area contributed by atoms with Gasteiger partial charge < -0.3 is 4.90 Å². The Kier molecular flexibility index (Phi) is 9.09. The maximum atomic E-state index is 6.21. The number of nitrogens with zero attached hydrogens (tertiary/aromatic N) is 1. The van der Waals surface area contributed by atoms with Gasteiger partial charge in [0.05, 0.1) is 10.7 Å². The van der Waals surface area contributed by atoms with Crippen LogP contribution in [-0.4, -0.2) is 7.05 Å². The largest absolute Gasteiger partial charge is 0.338 e. The Morgan fingerprint density at radius 2 is 1.84 bits per heavy atom. The van der Waals surface area contributed by atoms with Crippen LogP contribution < -0.4 is 4.90 Å². The number of benzene rings is 2. The van der Waals surface area contributed by atoms with Gasteiger partial charge in [0, 0.05) is 31.8 Å². The number of hydrogen-bond donors (Lipinski definition) is 0. The van der Waals surface area contributed by atoms with Gasteiger partial charge in [0.15, 0.2) is 0 Å². The van der Waals surface area contributed by atoms with Gasteiger partial charge in [0.1, 0.15) is 0 Å². The van der Waals surface area contributed by atoms with Gasteiger partial charge in [-0.25, -0.2) is 0 Å². The van der Waals surface area contributed by atoms with Gasteiger partial charge in [0.2, 0.25) is 0 Å². The van der Waals surface area contributed by atoms with E-state index >= 15 is 0 Å². The number of halogens is 2. The van der Waals surface area contributed by atoms with Crippen LogP contribution in [0.15, 0.2) is 79.9 Å². The first kappa shape index (κ1) is 24.4. The summed E-state index contributed by atoms with van der Waals surface area (Å²) in [5.74, 6) is 0. The minimum absolute atomic E-state index is 0.773. The second-order valence-electron chi connectivity index (χ2n) is 7.59. The summed E-state index contributed by atoms with van der Waals surface area (Å²) in [6.45, 7) is 6.57. The molecule has 0 aromatic heterocycles. The topological polar surface area (TPSA) is 3.24 Å². The van der Waals surface area contributed by atoms with E-state index < -0.39 is 0 Å². The highest BCUT2D eigenvalue weighted by Crippen LogP contribution is 2.46. The van der Waals surface area contributed by atoms with Gasteiger partial charge >= 0.3 is 0 Å². The van der Waals surface area contributed by atoms with Crippen molar-refractivity contribution in [3.05, 3.63) is 85.7 Å². The summed E-state index contributed by atoms with van der Waals surface area (Å²) in [7, 11) is 2.11. The Morgan fingerprint density at radius 3 is 2.55 bits per heavy atom. The zero-order chi connectivity index (χ0) is 22.4. The van der Waals surface area contributed by atoms with Gasteiger partial charge in [-0.05, 0) is 79.5 Å². The molecule has 1 nitrogen and oxygen atoms in total. The molecule has 31 heavy (non-hydrogen) atoms. The molecule has 0 amide bonds. The number of aryl methyl sites for hydroxylation is 1. The van der Waals surface area contributed by atoms with Crippen molar-refractivity contribution in [2.24, 2.45) is 0 Å². The first-order chi connectivity index (χ1) is 14.9. The highest BCUT2D eigenvalue weighted by molar-refractivity contribution is 8.03. The maximum absolute atomic E-state index is 6.21. The second-order valence-corrected chi connectivity index (χ2v) is 10.6. The summed E-state index contributed by atoms with van der Waals surface area (Å²) in [6.07, 6.45) is 11.5. The van der Waals surface area contributed by atoms with Crippen LogP contribution in [0, 0.1) is 6.92 Å². The summed E-state index contributed by atoms with van der Waals surface area (Å²) < 4.78 is 0. The van der Waals surface area contributed by atoms with Crippen LogP contribution in [0.4, 0.5) is 5.69 Å². The molecule has 1 aliphatic rings. The molecule has 0 atom stereocenters. The van der Waals surface area contributed by atoms with Crippen molar-refractivity contribution < 1.29 is 0 Å². The number of thioether (sulfide) groups is 2. The van der Waals surface area contributed by atoms with Crippen molar-refractivity contribution in [2.45, 2.75) is 56.2 Å². The minimum Gasteiger partial charge on any atom is -0.338 e. The second kappa shape index (κ2) is 11.6. The predicted octanol–water partition coefficient (Wildman–Crippen LogP) is 9.89. The zero-order valence-electron chi connectivity index (χ0n) is 18.5. The molecule has 0 N–H and O–H groups in total. The normalized spacial score (nSPS) is 15.7. The maximum Gasteiger partial charge on any atom is 0.0801 e. The lowest BCUT2D eigenvalue weighted by Crippen LogP contribution is -2.09. The molecule has 0 unspecified atom stereocenters. The monoisotopic (exact) mass is 489 g/mol. The van der Waals surface area contributed by atoms with Crippen molar-refractivity contribution in [2.75, 3.05) is 11.9 Å². The van der Waals surface area contributed by atoms with E-state index in [1.807, 2.05) is 36.0 Å². The molecule has 0 saturated carbocycles. The molecule has 0 saturated heterocycles. The Labute approximate surface area is 205 Å². The van der Waals surface area contributed by atoms with E-state index in [1.54, 1.807) is 11.8 Å². The van der Waals surface area contributed by atoms with E-state index in [4.69, 9.17) is 23.2 Å². The fraction of sp³-hybridized carbons (Fsp3) is 0.308. The third kappa shape index (κ3) is 6.61. The summed E-state index contributed by atoms with van der Waals surface area (Å²) >= 11 is 16.0. The molecule has 3 rings (SSSR count). The third-order valence-electron chi connectivity index (χ3n) is 5.14. The summed E-state index contributed by atoms with van der Waals surface area (Å²) in [6, 6.07) is 12.2. The highest BCUT2D eigenvalue weighted by atomic mass is 35.5. The van der Waals surface area contributed by atoms with Crippen LogP contribution in [0.2, 0.25) is 10.0 Å². The lowest BCUT2D eigenvalue weighted by Gasteiger charge is -2.14. The predicted molar refractivity (Wildman–Crippen MR) is 142 cm³/mol. The van der Waals surface area contributed by atoms with Crippen molar-refractivity contribution in [3.63, 3.8) is 0 Å². The van der Waals surface area contributed by atoms with E-state index in [1.165, 1.54) is 49.4 Å². The quantitative estimate of drug-likeness (QED) is 0.206. The van der Waals surface area contributed by atoms with Gasteiger partial charge in [-0.2, -0.15) is 0 Å². The standard InChI is InChI=1S/C26H29Cl2NS2/c1-5-7-8-9-22(30-24-12-10-20(27)14-18(24)3)15-19(6-2)16-26-29(4)23-17-21(28)11-13-25(23)31-26/h9-17H,5-8H2,1-4H3/b19-15+,22-9+,26-16-. The van der Waals surface area contributed by atoms with Crippen molar-refractivity contribution in [1.29, 1.82) is 0 Å². The molecule has 1 aliphatic heterocycles. The van der Waals surface area contributed by atoms with Crippen LogP contribution in [0.3, 0.4) is 0 Å². The Bertz CT molecular complexity index is 1020. The van der Waals surface area contributed by atoms with Gasteiger partial charge in [-0.1, -0.05) is 79.5 Å². The van der Waals surface area contributed by atoms with E-state index in [0.29, 0.717) is 0 Å². The molecular formula is C26H29Cl2NS2. The number of allylic oxidation sites excluding steroid dienone is 4. The number of anilines is 1. The fourth-order valence-electron chi connectivity index (χ4n) is 3.28. The Hall–Kier alpha value is -1.26. The molecule has 2 aromatic rings. The van der Waals surface area contributed by atoms with Crippen LogP contribution >= 0.6 is 46.7 Å². The third-order valence-corrected chi connectivity index (χ3v) is 7.97. The Balaban J connectivity index is 1.88. The number of hydrogen-bond acceptors (Lipinski definition) is 3. The van der Waals surface area contributed by atoms with Crippen LogP contribution in [0.25, 0.3) is 0 Å². The molecule has 0 fully saturated rings. The van der Waals surface area contributed by atoms with Crippen molar-refractivity contribution in [1.82, 2.24) is 0 Å². The van der Waals surface area contributed by atoms with Crippen LogP contribution in [0.1, 0.15) is 45.1 Å². The van der Waals surface area contributed by atoms with Gasteiger partial charge in [0.25, 0.3) is 0 Å². The van der Waals surface area contributed by atoms with Gasteiger partial charge in [-0.3, -0.25) is 0 Å². The molecule has 0 bridgehead atoms. The van der Waals surface area contributed by atoms with Crippen LogP contribution in [0.5, 0.6) is 0 Å². The van der Waals surface area contributed by atoms with Crippen molar-refractivity contribution >= 4 is 52.4 Å². The number of fused-ring (bicyclic) bond motifs is 1. The average molecular weight is 491 g/mol. The van der Waals surface area contributed by atoms with Crippen molar-refractivity contribution in [3.8, 4) is 0 Å². The van der Waals surface area contributed by atoms with Crippen LogP contribution in [-0.2, 0) is 0 Å². The molecule has 0 spiro atoms. The van der Waals surface area contributed by atoms with E-state index in [9.17, 15) is 0 Å². The smallest absolute Gasteiger partial charge is 0.0801 e. The Morgan fingerprint density at radius 1 is 1.10 bits per heavy atom. The SMILES string of the molecule is CCCC\C=C(/C=C(/C=C1\Sc2ccc(Cl)cc2N1C)CC)Sc1ccc(Cl)cc1C. The highest BCUT2D eigenvalue weighted by Gasteiger charge is 2.22. The summed E-state index contributed by atoms with van der Waals surface area (Å²) in [5, 5.41) is 2.79. The first-order valence-electron chi connectivity index (χ1n) is 10.7. The number of unbranched alkanes of at least 4 members (excludes halogenated alkanes) is 2. The van der Waals surface area contributed by atoms with E-state index in [2.05, 4.69) is 63.1 Å². The minimum atomic E-state index is 0.773. The van der Waals surface area contributed by atoms with E-state index in [-0.39, 0.29) is 0 Å². The molecule has 2 aromatic carbocycles. The average Bonchev–Trinajstić information content (AvgIpc) is 3.04. The van der Waals surface area contributed by atoms with Gasteiger partial charge in [-0.15, -0.1) is 0 Å². The molecule has 164 valence electrons. The number of rotatable bonds is 8. The first-order valence-corrected chi connectivity index (χ1v) is 13.1. The fourth-order valence-corrected chi connectivity index (χ4v) is 5.81. The van der Waals surface area contributed by atoms with E-state index in [0.717, 1.165) is 22.9 Å². The summed E-state index contributed by atoms with van der Waals surface area (Å²) in [4.78, 5) is 6.02. The zero-order valence-corrected chi connectivity index (χ0v) is 21.7. The lowest BCUT2D eigenvalue weighted by atomic mass is 10.1. The molecule has 5 heteroatoms. The summed E-state index contributed by atoms with van der Waals surface area (Å²) in [5.41, 5.74) is 3.70.